The van der Waals surface area contributed by atoms with Gasteiger partial charge in [0.1, 0.15) is 5.65 Å². The lowest BCUT2D eigenvalue weighted by Crippen LogP contribution is -2.36. The minimum absolute atomic E-state index is 0.227. The van der Waals surface area contributed by atoms with E-state index < -0.39 is 5.97 Å². The van der Waals surface area contributed by atoms with Gasteiger partial charge in [-0.15, -0.1) is 0 Å². The van der Waals surface area contributed by atoms with Crippen LogP contribution in [0.15, 0.2) is 42.6 Å². The summed E-state index contributed by atoms with van der Waals surface area (Å²) < 4.78 is 2.07. The van der Waals surface area contributed by atoms with Gasteiger partial charge in [0, 0.05) is 24.0 Å². The molecule has 0 atom stereocenters. The van der Waals surface area contributed by atoms with E-state index in [1.165, 1.54) is 5.56 Å². The lowest BCUT2D eigenvalue weighted by molar-refractivity contribution is -0.143. The number of carboxylic acids is 1. The Morgan fingerprint density at radius 1 is 1.18 bits per heavy atom. The summed E-state index contributed by atoms with van der Waals surface area (Å²) in [6, 6.07) is 12.4. The van der Waals surface area contributed by atoms with E-state index in [-0.39, 0.29) is 5.92 Å². The summed E-state index contributed by atoms with van der Waals surface area (Å²) in [6.07, 6.45) is 4.31. The number of aryl methyl sites for hydroxylation is 1. The Morgan fingerprint density at radius 3 is 2.54 bits per heavy atom. The molecule has 3 aromatic rings. The van der Waals surface area contributed by atoms with E-state index in [4.69, 9.17) is 10.7 Å². The Bertz CT molecular complexity index is 986. The summed E-state index contributed by atoms with van der Waals surface area (Å²) in [5, 5.41) is 9.24. The van der Waals surface area contributed by atoms with E-state index in [2.05, 4.69) is 40.5 Å². The van der Waals surface area contributed by atoms with E-state index >= 15 is 0 Å². The zero-order valence-corrected chi connectivity index (χ0v) is 16.1. The van der Waals surface area contributed by atoms with Crippen molar-refractivity contribution in [3.05, 3.63) is 53.9 Å². The fraction of sp³-hybridized carbons (Fsp3) is 0.364. The molecule has 0 aliphatic carbocycles. The Balaban J connectivity index is 1.68. The maximum Gasteiger partial charge on any atom is 0.306 e. The number of nitrogen functional groups attached to an aromatic ring is 1. The van der Waals surface area contributed by atoms with Crippen molar-refractivity contribution in [3.8, 4) is 11.3 Å². The van der Waals surface area contributed by atoms with Crippen LogP contribution in [-0.2, 0) is 17.8 Å². The molecule has 1 aliphatic rings. The zero-order valence-electron chi connectivity index (χ0n) is 16.1. The number of benzene rings is 1. The summed E-state index contributed by atoms with van der Waals surface area (Å²) in [4.78, 5) is 18.4. The van der Waals surface area contributed by atoms with Crippen LogP contribution in [0.5, 0.6) is 0 Å². The highest BCUT2D eigenvalue weighted by atomic mass is 16.4. The lowest BCUT2D eigenvalue weighted by Gasteiger charge is -2.30. The molecule has 1 saturated heterocycles. The molecule has 6 heteroatoms. The largest absolute Gasteiger partial charge is 0.481 e. The number of likely N-dealkylation sites (tertiary alicyclic amines) is 1. The van der Waals surface area contributed by atoms with E-state index in [0.29, 0.717) is 18.5 Å². The molecule has 0 radical (unpaired) electrons. The molecule has 3 heterocycles. The minimum Gasteiger partial charge on any atom is -0.481 e. The fourth-order valence-corrected chi connectivity index (χ4v) is 3.94. The van der Waals surface area contributed by atoms with Gasteiger partial charge in [0.05, 0.1) is 17.3 Å². The molecule has 2 aromatic heterocycles. The third-order valence-corrected chi connectivity index (χ3v) is 5.69. The molecule has 6 nitrogen and oxygen atoms in total. The Hall–Kier alpha value is -2.86. The average Bonchev–Trinajstić information content (AvgIpc) is 3.06. The van der Waals surface area contributed by atoms with Crippen molar-refractivity contribution in [1.82, 2.24) is 14.3 Å². The van der Waals surface area contributed by atoms with Gasteiger partial charge >= 0.3 is 5.97 Å². The van der Waals surface area contributed by atoms with Gasteiger partial charge in [-0.25, -0.2) is 4.98 Å². The lowest BCUT2D eigenvalue weighted by atomic mass is 9.97. The first-order chi connectivity index (χ1) is 13.5. The summed E-state index contributed by atoms with van der Waals surface area (Å²) in [5.74, 6) is -0.908. The molecular weight excluding hydrogens is 352 g/mol. The van der Waals surface area contributed by atoms with Crippen LogP contribution in [0.25, 0.3) is 16.9 Å². The molecule has 0 spiro atoms. The van der Waals surface area contributed by atoms with Crippen LogP contribution in [-0.4, -0.2) is 38.4 Å². The maximum atomic E-state index is 11.2. The van der Waals surface area contributed by atoms with Crippen molar-refractivity contribution in [2.45, 2.75) is 32.7 Å². The van der Waals surface area contributed by atoms with E-state index in [1.807, 2.05) is 18.3 Å². The van der Waals surface area contributed by atoms with Crippen molar-refractivity contribution in [2.24, 2.45) is 5.92 Å². The minimum atomic E-state index is -0.682. The Morgan fingerprint density at radius 2 is 1.89 bits per heavy atom. The van der Waals surface area contributed by atoms with Crippen LogP contribution in [0.2, 0.25) is 0 Å². The number of aliphatic carboxylic acids is 1. The summed E-state index contributed by atoms with van der Waals surface area (Å²) in [6.45, 7) is 4.43. The molecule has 3 N–H and O–H groups in total. The van der Waals surface area contributed by atoms with Gasteiger partial charge in [0.2, 0.25) is 0 Å². The van der Waals surface area contributed by atoms with Crippen LogP contribution in [0.3, 0.4) is 0 Å². The second-order valence-corrected chi connectivity index (χ2v) is 7.54. The molecule has 1 fully saturated rings. The molecule has 1 aliphatic heterocycles. The van der Waals surface area contributed by atoms with Gasteiger partial charge in [0.15, 0.2) is 0 Å². The second-order valence-electron chi connectivity index (χ2n) is 7.54. The van der Waals surface area contributed by atoms with Crippen LogP contribution < -0.4 is 5.73 Å². The summed E-state index contributed by atoms with van der Waals surface area (Å²) >= 11 is 0. The summed E-state index contributed by atoms with van der Waals surface area (Å²) in [7, 11) is 0. The van der Waals surface area contributed by atoms with Crippen LogP contribution >= 0.6 is 0 Å². The Kier molecular flexibility index (Phi) is 5.05. The standard InChI is InChI=1S/C22H26N4O2/c1-2-15-3-5-16(6-4-15)21-19(26-13-18(23)7-8-20(26)24-21)14-25-11-9-17(10-12-25)22(27)28/h3-8,13,17H,2,9-12,14,23H2,1H3,(H,27,28). The number of nitrogens with two attached hydrogens (primary N) is 1. The smallest absolute Gasteiger partial charge is 0.306 e. The van der Waals surface area contributed by atoms with Gasteiger partial charge in [0.25, 0.3) is 0 Å². The maximum absolute atomic E-state index is 11.2. The van der Waals surface area contributed by atoms with Crippen molar-refractivity contribution >= 4 is 17.3 Å². The number of nitrogens with zero attached hydrogens (tertiary/aromatic N) is 3. The number of pyridine rings is 1. The molecule has 0 saturated carbocycles. The molecule has 1 aromatic carbocycles. The number of aromatic nitrogens is 2. The highest BCUT2D eigenvalue weighted by molar-refractivity contribution is 5.70. The van der Waals surface area contributed by atoms with Gasteiger partial charge in [-0.05, 0) is 50.0 Å². The highest BCUT2D eigenvalue weighted by Crippen LogP contribution is 2.28. The van der Waals surface area contributed by atoms with Crippen LogP contribution in [0.4, 0.5) is 5.69 Å². The topological polar surface area (TPSA) is 83.9 Å². The monoisotopic (exact) mass is 378 g/mol. The number of rotatable bonds is 5. The van der Waals surface area contributed by atoms with Crippen LogP contribution in [0, 0.1) is 5.92 Å². The average molecular weight is 378 g/mol. The van der Waals surface area contributed by atoms with E-state index in [1.54, 1.807) is 0 Å². The van der Waals surface area contributed by atoms with E-state index in [9.17, 15) is 9.90 Å². The first-order valence-corrected chi connectivity index (χ1v) is 9.86. The highest BCUT2D eigenvalue weighted by Gasteiger charge is 2.26. The number of hydrogen-bond acceptors (Lipinski definition) is 4. The molecule has 28 heavy (non-hydrogen) atoms. The SMILES string of the molecule is CCc1ccc(-c2nc3ccc(N)cn3c2CN2CCC(C(=O)O)CC2)cc1. The molecule has 4 rings (SSSR count). The molecule has 146 valence electrons. The van der Waals surface area contributed by atoms with Crippen LogP contribution in [0.1, 0.15) is 31.0 Å². The van der Waals surface area contributed by atoms with Crippen molar-refractivity contribution in [2.75, 3.05) is 18.8 Å². The molecule has 0 amide bonds. The number of hydrogen-bond donors (Lipinski definition) is 2. The number of fused-ring (bicyclic) bond motifs is 1. The second kappa shape index (κ2) is 7.64. The quantitative estimate of drug-likeness (QED) is 0.710. The normalized spacial score (nSPS) is 15.9. The predicted octanol–water partition coefficient (Wildman–Crippen LogP) is 3.44. The number of carboxylic acid groups (broad SMARTS) is 1. The van der Waals surface area contributed by atoms with Gasteiger partial charge in [-0.1, -0.05) is 31.2 Å². The van der Waals surface area contributed by atoms with Gasteiger partial charge in [-0.3, -0.25) is 9.69 Å². The number of piperidine rings is 1. The third kappa shape index (κ3) is 3.60. The fourth-order valence-electron chi connectivity index (χ4n) is 3.94. The van der Waals surface area contributed by atoms with E-state index in [0.717, 1.165) is 48.7 Å². The summed E-state index contributed by atoms with van der Waals surface area (Å²) in [5.41, 5.74) is 12.1. The zero-order chi connectivity index (χ0) is 19.7. The first-order valence-electron chi connectivity index (χ1n) is 9.86. The van der Waals surface area contributed by atoms with Gasteiger partial charge < -0.3 is 15.2 Å². The Labute approximate surface area is 164 Å². The van der Waals surface area contributed by atoms with Gasteiger partial charge in [-0.2, -0.15) is 0 Å². The molecule has 0 unspecified atom stereocenters. The van der Waals surface area contributed by atoms with Crippen molar-refractivity contribution in [3.63, 3.8) is 0 Å². The number of imidazole rings is 1. The third-order valence-electron chi connectivity index (χ3n) is 5.69. The predicted molar refractivity (Wildman–Crippen MR) is 110 cm³/mol. The molecule has 0 bridgehead atoms. The number of anilines is 1. The first kappa shape index (κ1) is 18.5. The molecular formula is C22H26N4O2. The van der Waals surface area contributed by atoms with Crippen molar-refractivity contribution < 1.29 is 9.90 Å². The number of carbonyl (C=O) groups is 1. The van der Waals surface area contributed by atoms with Crippen molar-refractivity contribution in [1.29, 1.82) is 0 Å².